The van der Waals surface area contributed by atoms with Crippen LogP contribution in [0.4, 0.5) is 4.79 Å². The quantitative estimate of drug-likeness (QED) is 0.781. The van der Waals surface area contributed by atoms with Crippen molar-refractivity contribution in [3.8, 4) is 0 Å². The minimum absolute atomic E-state index is 0.0582. The number of alkyl carbamates (subject to hydrolysis) is 1. The molecule has 6 heteroatoms. The van der Waals surface area contributed by atoms with Crippen LogP contribution in [-0.4, -0.2) is 34.4 Å². The summed E-state index contributed by atoms with van der Waals surface area (Å²) in [6, 6.07) is 9.19. The molecule has 0 bridgehead atoms. The van der Waals surface area contributed by atoms with Gasteiger partial charge < -0.3 is 19.9 Å². The summed E-state index contributed by atoms with van der Waals surface area (Å²) in [4.78, 5) is 25.0. The maximum absolute atomic E-state index is 12.7. The highest BCUT2D eigenvalue weighted by Gasteiger charge is 2.49. The van der Waals surface area contributed by atoms with Crippen molar-refractivity contribution in [3.63, 3.8) is 0 Å². The van der Waals surface area contributed by atoms with Crippen molar-refractivity contribution in [2.24, 2.45) is 5.41 Å². The molecule has 26 heavy (non-hydrogen) atoms. The molecule has 0 fully saturated rings. The van der Waals surface area contributed by atoms with Gasteiger partial charge in [0.15, 0.2) is 5.54 Å². The number of aliphatic hydroxyl groups excluding tert-OH is 1. The number of nitrogens with one attached hydrogen (secondary N) is 1. The van der Waals surface area contributed by atoms with E-state index >= 15 is 0 Å². The molecule has 0 spiro atoms. The van der Waals surface area contributed by atoms with E-state index in [-0.39, 0.29) is 6.61 Å². The summed E-state index contributed by atoms with van der Waals surface area (Å²) in [5.41, 5.74) is -2.26. The first-order valence-electron chi connectivity index (χ1n) is 8.66. The van der Waals surface area contributed by atoms with Gasteiger partial charge in [-0.05, 0) is 38.7 Å². The highest BCUT2D eigenvalue weighted by molar-refractivity contribution is 5.86. The number of hydrogen-bond donors (Lipinski definition) is 2. The number of carbonyl (C=O) groups excluding carboxylic acids is 2. The molecule has 0 aliphatic carbocycles. The lowest BCUT2D eigenvalue weighted by Gasteiger charge is -2.40. The molecule has 0 heterocycles. The summed E-state index contributed by atoms with van der Waals surface area (Å²) < 4.78 is 10.6. The highest BCUT2D eigenvalue weighted by atomic mass is 16.6. The topological polar surface area (TPSA) is 84.9 Å². The minimum Gasteiger partial charge on any atom is -0.458 e. The van der Waals surface area contributed by atoms with Gasteiger partial charge in [0.05, 0.1) is 6.10 Å². The molecule has 0 radical (unpaired) electrons. The van der Waals surface area contributed by atoms with Gasteiger partial charge in [-0.15, -0.1) is 0 Å². The Morgan fingerprint density at radius 3 is 2.04 bits per heavy atom. The number of aliphatic hydroxyl groups is 1. The van der Waals surface area contributed by atoms with Crippen molar-refractivity contribution in [2.75, 3.05) is 0 Å². The standard InChI is InChI=1S/C20H31NO5/c1-18(2,3)15(22)20(7,16(23)26-19(4,5)6)21-17(24)25-13-14-11-9-8-10-12-14/h8-12,15,22H,13H2,1-7H3,(H,21,24)/t15-,20+/m1/s1. The van der Waals surface area contributed by atoms with Gasteiger partial charge in [-0.1, -0.05) is 51.1 Å². The van der Waals surface area contributed by atoms with Crippen molar-refractivity contribution in [1.82, 2.24) is 5.32 Å². The number of benzene rings is 1. The molecule has 1 amide bonds. The van der Waals surface area contributed by atoms with Crippen LogP contribution in [0.1, 0.15) is 54.0 Å². The zero-order valence-corrected chi connectivity index (χ0v) is 16.8. The monoisotopic (exact) mass is 365 g/mol. The molecule has 0 saturated carbocycles. The second kappa shape index (κ2) is 8.08. The van der Waals surface area contributed by atoms with Crippen molar-refractivity contribution in [3.05, 3.63) is 35.9 Å². The Labute approximate surface area is 155 Å². The van der Waals surface area contributed by atoms with Crippen LogP contribution in [-0.2, 0) is 20.9 Å². The second-order valence-electron chi connectivity index (χ2n) is 8.66. The first kappa shape index (κ1) is 22.0. The highest BCUT2D eigenvalue weighted by Crippen LogP contribution is 2.30. The van der Waals surface area contributed by atoms with Crippen LogP contribution in [0.2, 0.25) is 0 Å². The third kappa shape index (κ3) is 6.33. The van der Waals surface area contributed by atoms with E-state index in [0.29, 0.717) is 0 Å². The maximum Gasteiger partial charge on any atom is 0.408 e. The van der Waals surface area contributed by atoms with Crippen LogP contribution in [0.3, 0.4) is 0 Å². The van der Waals surface area contributed by atoms with Crippen molar-refractivity contribution >= 4 is 12.1 Å². The molecule has 0 unspecified atom stereocenters. The normalized spacial score (nSPS) is 15.5. The third-order valence-electron chi connectivity index (χ3n) is 3.76. The van der Waals surface area contributed by atoms with Gasteiger partial charge in [0.1, 0.15) is 12.2 Å². The van der Waals surface area contributed by atoms with Crippen LogP contribution in [0, 0.1) is 5.41 Å². The van der Waals surface area contributed by atoms with Crippen LogP contribution in [0.15, 0.2) is 30.3 Å². The van der Waals surface area contributed by atoms with Crippen LogP contribution < -0.4 is 5.32 Å². The summed E-state index contributed by atoms with van der Waals surface area (Å²) in [6.07, 6.45) is -1.99. The van der Waals surface area contributed by atoms with E-state index in [9.17, 15) is 14.7 Å². The zero-order chi connectivity index (χ0) is 20.2. The molecule has 2 N–H and O–H groups in total. The van der Waals surface area contributed by atoms with Gasteiger partial charge >= 0.3 is 12.1 Å². The van der Waals surface area contributed by atoms with E-state index in [0.717, 1.165) is 5.56 Å². The van der Waals surface area contributed by atoms with Gasteiger partial charge in [0, 0.05) is 0 Å². The third-order valence-corrected chi connectivity index (χ3v) is 3.76. The Bertz CT molecular complexity index is 615. The van der Waals surface area contributed by atoms with E-state index in [1.807, 2.05) is 30.3 Å². The molecule has 1 aromatic carbocycles. The Balaban J connectivity index is 2.94. The fraction of sp³-hybridized carbons (Fsp3) is 0.600. The van der Waals surface area contributed by atoms with E-state index < -0.39 is 34.7 Å². The van der Waals surface area contributed by atoms with Gasteiger partial charge in [-0.3, -0.25) is 0 Å². The lowest BCUT2D eigenvalue weighted by molar-refractivity contribution is -0.171. The summed E-state index contributed by atoms with van der Waals surface area (Å²) in [7, 11) is 0. The average molecular weight is 365 g/mol. The van der Waals surface area contributed by atoms with Gasteiger partial charge in [0.25, 0.3) is 0 Å². The number of hydrogen-bond acceptors (Lipinski definition) is 5. The largest absolute Gasteiger partial charge is 0.458 e. The smallest absolute Gasteiger partial charge is 0.408 e. The first-order chi connectivity index (χ1) is 11.8. The summed E-state index contributed by atoms with van der Waals surface area (Å²) >= 11 is 0. The molecule has 1 rings (SSSR count). The van der Waals surface area contributed by atoms with Gasteiger partial charge in [-0.25, -0.2) is 9.59 Å². The minimum atomic E-state index is -1.65. The lowest BCUT2D eigenvalue weighted by Crippen LogP contribution is -2.64. The van der Waals surface area contributed by atoms with E-state index in [2.05, 4.69) is 5.32 Å². The van der Waals surface area contributed by atoms with E-state index in [4.69, 9.17) is 9.47 Å². The first-order valence-corrected chi connectivity index (χ1v) is 8.66. The van der Waals surface area contributed by atoms with Crippen molar-refractivity contribution in [1.29, 1.82) is 0 Å². The van der Waals surface area contributed by atoms with Gasteiger partial charge in [0.2, 0.25) is 0 Å². The summed E-state index contributed by atoms with van der Waals surface area (Å²) in [6.45, 7) is 12.0. The molecule has 0 saturated heterocycles. The number of carbonyl (C=O) groups is 2. The number of amides is 1. The fourth-order valence-corrected chi connectivity index (χ4v) is 2.45. The maximum atomic E-state index is 12.7. The SMILES string of the molecule is CC(C)(C)OC(=O)[C@@](C)(NC(=O)OCc1ccccc1)[C@H](O)C(C)(C)C. The van der Waals surface area contributed by atoms with Crippen LogP contribution in [0.25, 0.3) is 0 Å². The number of esters is 1. The number of ether oxygens (including phenoxy) is 2. The molecular formula is C20H31NO5. The van der Waals surface area contributed by atoms with E-state index in [1.54, 1.807) is 41.5 Å². The molecule has 146 valence electrons. The second-order valence-corrected chi connectivity index (χ2v) is 8.66. The molecule has 0 aliphatic rings. The summed E-state index contributed by atoms with van der Waals surface area (Å²) in [5, 5.41) is 13.2. The zero-order valence-electron chi connectivity index (χ0n) is 16.8. The predicted molar refractivity (Wildman–Crippen MR) is 99.5 cm³/mol. The van der Waals surface area contributed by atoms with Crippen LogP contribution >= 0.6 is 0 Å². The molecule has 6 nitrogen and oxygen atoms in total. The predicted octanol–water partition coefficient (Wildman–Crippen LogP) is 3.42. The molecule has 0 aromatic heterocycles. The Kier molecular flexibility index (Phi) is 6.82. The Hall–Kier alpha value is -2.08. The van der Waals surface area contributed by atoms with Crippen molar-refractivity contribution in [2.45, 2.75) is 72.3 Å². The summed E-state index contributed by atoms with van der Waals surface area (Å²) in [5.74, 6) is -0.718. The molecule has 1 aromatic rings. The Morgan fingerprint density at radius 1 is 1.04 bits per heavy atom. The fourth-order valence-electron chi connectivity index (χ4n) is 2.45. The van der Waals surface area contributed by atoms with Crippen molar-refractivity contribution < 1.29 is 24.2 Å². The average Bonchev–Trinajstić information content (AvgIpc) is 2.50. The number of rotatable bonds is 5. The Morgan fingerprint density at radius 2 is 1.58 bits per heavy atom. The van der Waals surface area contributed by atoms with Crippen LogP contribution in [0.5, 0.6) is 0 Å². The lowest BCUT2D eigenvalue weighted by atomic mass is 9.77. The molecular weight excluding hydrogens is 334 g/mol. The molecule has 2 atom stereocenters. The van der Waals surface area contributed by atoms with E-state index in [1.165, 1.54) is 6.92 Å². The molecule has 0 aliphatic heterocycles. The van der Waals surface area contributed by atoms with Gasteiger partial charge in [-0.2, -0.15) is 0 Å².